The minimum absolute atomic E-state index is 0.0726. The zero-order valence-electron chi connectivity index (χ0n) is 11.6. The predicted molar refractivity (Wildman–Crippen MR) is 71.7 cm³/mol. The van der Waals surface area contributed by atoms with E-state index < -0.39 is 11.0 Å². The van der Waals surface area contributed by atoms with Gasteiger partial charge in [0.05, 0.1) is 23.7 Å². The lowest BCUT2D eigenvalue weighted by Crippen LogP contribution is -2.29. The zero-order chi connectivity index (χ0) is 15.6. The Morgan fingerprint density at radius 3 is 2.62 bits per heavy atom. The molecule has 1 fully saturated rings. The minimum atomic E-state index is -0.703. The van der Waals surface area contributed by atoms with Crippen LogP contribution in [-0.4, -0.2) is 48.8 Å². The van der Waals surface area contributed by atoms with E-state index in [-0.39, 0.29) is 28.7 Å². The average molecular weight is 294 g/mol. The predicted octanol–water partition coefficient (Wildman–Crippen LogP) is 1.03. The van der Waals surface area contributed by atoms with Gasteiger partial charge >= 0.3 is 0 Å². The molecular weight excluding hydrogens is 280 g/mol. The molecule has 1 saturated heterocycles. The maximum Gasteiger partial charge on any atom is 0.283 e. The number of nitro groups is 1. The van der Waals surface area contributed by atoms with E-state index in [1.165, 1.54) is 18.1 Å². The fourth-order valence-electron chi connectivity index (χ4n) is 2.12. The average Bonchev–Trinajstić information content (AvgIpc) is 2.78. The molecule has 0 saturated carbocycles. The summed E-state index contributed by atoms with van der Waals surface area (Å²) in [7, 11) is 3.01. The molecule has 0 radical (unpaired) electrons. The lowest BCUT2D eigenvalue weighted by Gasteiger charge is -2.15. The number of ether oxygens (including phenoxy) is 2. The molecule has 1 aliphatic rings. The summed E-state index contributed by atoms with van der Waals surface area (Å²) in [4.78, 5) is 34.5. The second kappa shape index (κ2) is 5.78. The Balaban J connectivity index is 2.38. The number of methoxy groups -OCH3 is 1. The largest absolute Gasteiger partial charge is 0.493 e. The van der Waals surface area contributed by atoms with E-state index >= 15 is 0 Å². The van der Waals surface area contributed by atoms with Gasteiger partial charge in [0.25, 0.3) is 11.6 Å². The Morgan fingerprint density at radius 2 is 2.14 bits per heavy atom. The van der Waals surface area contributed by atoms with E-state index in [1.807, 2.05) is 0 Å². The summed E-state index contributed by atoms with van der Waals surface area (Å²) in [5, 5.41) is 11.0. The van der Waals surface area contributed by atoms with Crippen molar-refractivity contribution in [3.63, 3.8) is 0 Å². The summed E-state index contributed by atoms with van der Waals surface area (Å²) in [5.41, 5.74) is -0.501. The molecule has 0 aliphatic carbocycles. The van der Waals surface area contributed by atoms with Crippen molar-refractivity contribution >= 4 is 17.9 Å². The fourth-order valence-corrected chi connectivity index (χ4v) is 2.12. The van der Waals surface area contributed by atoms with Gasteiger partial charge in [-0.05, 0) is 0 Å². The molecule has 1 aliphatic heterocycles. The normalized spacial score (nSPS) is 17.7. The van der Waals surface area contributed by atoms with Crippen LogP contribution in [0.4, 0.5) is 5.69 Å². The van der Waals surface area contributed by atoms with Gasteiger partial charge in [-0.1, -0.05) is 0 Å². The zero-order valence-corrected chi connectivity index (χ0v) is 11.6. The lowest BCUT2D eigenvalue weighted by molar-refractivity contribution is -0.385. The first-order chi connectivity index (χ1) is 9.97. The lowest BCUT2D eigenvalue weighted by atomic mass is 10.1. The van der Waals surface area contributed by atoms with E-state index in [1.54, 1.807) is 7.05 Å². The molecule has 1 unspecified atom stereocenters. The maximum atomic E-state index is 11.8. The minimum Gasteiger partial charge on any atom is -0.493 e. The monoisotopic (exact) mass is 294 g/mol. The molecule has 1 aromatic carbocycles. The van der Waals surface area contributed by atoms with Crippen molar-refractivity contribution in [1.29, 1.82) is 0 Å². The van der Waals surface area contributed by atoms with Crippen molar-refractivity contribution in [1.82, 2.24) is 4.90 Å². The van der Waals surface area contributed by atoms with Gasteiger partial charge in [-0.3, -0.25) is 19.7 Å². The number of rotatable bonds is 5. The van der Waals surface area contributed by atoms with Gasteiger partial charge in [0.2, 0.25) is 0 Å². The molecule has 0 aromatic heterocycles. The molecule has 0 N–H and O–H groups in total. The highest BCUT2D eigenvalue weighted by atomic mass is 16.6. The van der Waals surface area contributed by atoms with E-state index in [0.29, 0.717) is 19.3 Å². The van der Waals surface area contributed by atoms with Crippen molar-refractivity contribution in [2.24, 2.45) is 0 Å². The number of nitro benzene ring substituents is 1. The number of amides is 1. The molecule has 1 atom stereocenters. The molecule has 2 rings (SSSR count). The molecule has 0 bridgehead atoms. The van der Waals surface area contributed by atoms with Crippen LogP contribution < -0.4 is 9.47 Å². The quantitative estimate of drug-likeness (QED) is 0.457. The number of hydrogen-bond acceptors (Lipinski definition) is 6. The summed E-state index contributed by atoms with van der Waals surface area (Å²) in [6, 6.07) is 2.33. The van der Waals surface area contributed by atoms with E-state index in [9.17, 15) is 19.7 Å². The van der Waals surface area contributed by atoms with Gasteiger partial charge in [0.1, 0.15) is 0 Å². The molecule has 8 heteroatoms. The Hall–Kier alpha value is -2.64. The highest BCUT2D eigenvalue weighted by molar-refractivity contribution is 5.85. The topological polar surface area (TPSA) is 99.0 Å². The van der Waals surface area contributed by atoms with Crippen LogP contribution in [0.3, 0.4) is 0 Å². The van der Waals surface area contributed by atoms with Gasteiger partial charge < -0.3 is 14.4 Å². The van der Waals surface area contributed by atoms with E-state index in [4.69, 9.17) is 9.47 Å². The molecule has 8 nitrogen and oxygen atoms in total. The Morgan fingerprint density at radius 1 is 1.43 bits per heavy atom. The van der Waals surface area contributed by atoms with Crippen LogP contribution in [0.5, 0.6) is 11.5 Å². The van der Waals surface area contributed by atoms with Crippen LogP contribution in [0, 0.1) is 10.1 Å². The molecule has 112 valence electrons. The molecule has 0 spiro atoms. The maximum absolute atomic E-state index is 11.8. The number of benzene rings is 1. The molecular formula is C13H14N2O6. The second-order valence-corrected chi connectivity index (χ2v) is 4.59. The number of likely N-dealkylation sites (tertiary alicyclic amines) is 1. The van der Waals surface area contributed by atoms with Crippen molar-refractivity contribution in [3.05, 3.63) is 27.8 Å². The van der Waals surface area contributed by atoms with Crippen molar-refractivity contribution in [3.8, 4) is 11.5 Å². The Kier molecular flexibility index (Phi) is 4.06. The number of hydrogen-bond donors (Lipinski definition) is 0. The number of aldehydes is 1. The van der Waals surface area contributed by atoms with Crippen molar-refractivity contribution in [2.45, 2.75) is 12.5 Å². The number of carbonyl (C=O) groups excluding carboxylic acids is 2. The number of carbonyl (C=O) groups is 2. The van der Waals surface area contributed by atoms with Gasteiger partial charge in [-0.15, -0.1) is 0 Å². The Labute approximate surface area is 120 Å². The van der Waals surface area contributed by atoms with E-state index in [0.717, 1.165) is 6.07 Å². The van der Waals surface area contributed by atoms with Crippen LogP contribution in [0.1, 0.15) is 16.8 Å². The van der Waals surface area contributed by atoms with Crippen molar-refractivity contribution < 1.29 is 24.0 Å². The van der Waals surface area contributed by atoms with Crippen LogP contribution in [0.2, 0.25) is 0 Å². The highest BCUT2D eigenvalue weighted by Crippen LogP contribution is 2.35. The van der Waals surface area contributed by atoms with Gasteiger partial charge in [-0.2, -0.15) is 0 Å². The third-order valence-corrected chi connectivity index (χ3v) is 3.28. The first-order valence-electron chi connectivity index (χ1n) is 6.21. The third-order valence-electron chi connectivity index (χ3n) is 3.28. The standard InChI is InChI=1S/C13H14N2O6/c1-14-4-3-10(13(14)17)21-12-6-9(15(18)19)8(7-16)5-11(12)20-2/h5-7,10H,3-4H2,1-2H3. The summed E-state index contributed by atoms with van der Waals surface area (Å²) >= 11 is 0. The summed E-state index contributed by atoms with van der Waals surface area (Å²) in [6.45, 7) is 0.556. The van der Waals surface area contributed by atoms with Crippen LogP contribution in [0.15, 0.2) is 12.1 Å². The summed E-state index contributed by atoms with van der Waals surface area (Å²) in [6.07, 6.45) is 0.159. The van der Waals surface area contributed by atoms with Crippen LogP contribution in [-0.2, 0) is 4.79 Å². The molecule has 1 heterocycles. The number of nitrogens with zero attached hydrogens (tertiary/aromatic N) is 2. The van der Waals surface area contributed by atoms with Gasteiger partial charge in [-0.25, -0.2) is 0 Å². The molecule has 1 amide bonds. The molecule has 21 heavy (non-hydrogen) atoms. The smallest absolute Gasteiger partial charge is 0.283 e. The molecule has 1 aromatic rings. The van der Waals surface area contributed by atoms with E-state index in [2.05, 4.69) is 0 Å². The highest BCUT2D eigenvalue weighted by Gasteiger charge is 2.32. The SMILES string of the molecule is COc1cc(C=O)c([N+](=O)[O-])cc1OC1CCN(C)C1=O. The second-order valence-electron chi connectivity index (χ2n) is 4.59. The number of likely N-dealkylation sites (N-methyl/N-ethyl adjacent to an activating group) is 1. The fraction of sp³-hybridized carbons (Fsp3) is 0.385. The first-order valence-corrected chi connectivity index (χ1v) is 6.21. The van der Waals surface area contributed by atoms with Gasteiger partial charge in [0, 0.05) is 26.1 Å². The Bertz CT molecular complexity index is 601. The first kappa shape index (κ1) is 14.8. The summed E-state index contributed by atoms with van der Waals surface area (Å²) in [5.74, 6) is 0.0488. The van der Waals surface area contributed by atoms with Crippen LogP contribution in [0.25, 0.3) is 0 Å². The summed E-state index contributed by atoms with van der Waals surface area (Å²) < 4.78 is 10.6. The van der Waals surface area contributed by atoms with Crippen molar-refractivity contribution in [2.75, 3.05) is 20.7 Å². The van der Waals surface area contributed by atoms with Crippen LogP contribution >= 0.6 is 0 Å². The van der Waals surface area contributed by atoms with Gasteiger partial charge in [0.15, 0.2) is 23.9 Å². The third kappa shape index (κ3) is 2.78.